The largest absolute Gasteiger partial charge is 0.411 e. The number of ether oxygens (including phenoxy) is 2. The van der Waals surface area contributed by atoms with Crippen LogP contribution >= 0.6 is 0 Å². The van der Waals surface area contributed by atoms with E-state index in [4.69, 9.17) is 29.2 Å². The van der Waals surface area contributed by atoms with Crippen LogP contribution in [0.1, 0.15) is 82.6 Å². The molecule has 0 aliphatic carbocycles. The molecule has 0 unspecified atom stereocenters. The van der Waals surface area contributed by atoms with Crippen molar-refractivity contribution in [2.45, 2.75) is 180 Å². The van der Waals surface area contributed by atoms with Crippen LogP contribution in [0.5, 0.6) is 0 Å². The molecule has 1 rings (SSSR count). The van der Waals surface area contributed by atoms with E-state index in [1.807, 2.05) is 6.92 Å². The lowest BCUT2D eigenvalue weighted by Crippen LogP contribution is -2.60. The number of terminal acetylenes is 1. The molecule has 1 aliphatic rings. The van der Waals surface area contributed by atoms with Crippen LogP contribution in [0.4, 0.5) is 0 Å². The first kappa shape index (κ1) is 37.0. The van der Waals surface area contributed by atoms with Crippen LogP contribution < -0.4 is 0 Å². The molecule has 1 heterocycles. The number of rotatable bonds is 10. The third kappa shape index (κ3) is 9.48. The highest BCUT2D eigenvalue weighted by molar-refractivity contribution is 6.75. The van der Waals surface area contributed by atoms with Crippen molar-refractivity contribution in [3.8, 4) is 12.3 Å². The predicted octanol–water partition coefficient (Wildman–Crippen LogP) is 7.69. The Morgan fingerprint density at radius 1 is 0.821 bits per heavy atom. The fourth-order valence-electron chi connectivity index (χ4n) is 3.75. The smallest absolute Gasteiger partial charge is 0.193 e. The van der Waals surface area contributed by atoms with Crippen molar-refractivity contribution in [3.05, 3.63) is 0 Å². The molecule has 0 aromatic heterocycles. The SMILES string of the molecule is C#C[C@H](O[Si](C)(C)C(C)(C)C)[C@H](O[C@H]1C[C@H](O[Si](C)(C)C(C)(C)C)[C@H](O[Si](C)(C)C(C)(C)C)[C@@H](C)O1)[C@@H](C)O. The summed E-state index contributed by atoms with van der Waals surface area (Å²) in [6.45, 7) is 37.1. The van der Waals surface area contributed by atoms with Crippen LogP contribution in [0.2, 0.25) is 54.4 Å². The zero-order valence-electron chi connectivity index (χ0n) is 28.3. The minimum absolute atomic E-state index is 0.0302. The fourth-order valence-corrected chi connectivity index (χ4v) is 7.66. The van der Waals surface area contributed by atoms with Gasteiger partial charge in [0.1, 0.15) is 12.2 Å². The monoisotopic (exact) mass is 602 g/mol. The summed E-state index contributed by atoms with van der Waals surface area (Å²) in [7, 11) is -6.45. The van der Waals surface area contributed by atoms with E-state index < -0.39 is 49.6 Å². The Bertz CT molecular complexity index is 830. The van der Waals surface area contributed by atoms with Gasteiger partial charge in [-0.25, -0.2) is 0 Å². The van der Waals surface area contributed by atoms with Gasteiger partial charge in [-0.1, -0.05) is 68.2 Å². The van der Waals surface area contributed by atoms with Crippen molar-refractivity contribution in [1.82, 2.24) is 0 Å². The predicted molar refractivity (Wildman–Crippen MR) is 171 cm³/mol. The van der Waals surface area contributed by atoms with E-state index in [1.165, 1.54) is 0 Å². The molecule has 0 radical (unpaired) electrons. The fraction of sp³-hybridized carbons (Fsp3) is 0.933. The lowest BCUT2D eigenvalue weighted by molar-refractivity contribution is -0.270. The molecule has 0 bridgehead atoms. The Balaban J connectivity index is 3.34. The summed E-state index contributed by atoms with van der Waals surface area (Å²) in [5.74, 6) is 2.77. The van der Waals surface area contributed by atoms with Crippen LogP contribution in [-0.2, 0) is 22.8 Å². The van der Waals surface area contributed by atoms with Crippen LogP contribution in [0.25, 0.3) is 0 Å². The van der Waals surface area contributed by atoms with Gasteiger partial charge >= 0.3 is 0 Å². The quantitative estimate of drug-likeness (QED) is 0.204. The normalized spacial score (nSPS) is 26.6. The second-order valence-electron chi connectivity index (χ2n) is 16.1. The molecular weight excluding hydrogens is 541 g/mol. The summed E-state index contributed by atoms with van der Waals surface area (Å²) in [6, 6.07) is 0. The van der Waals surface area contributed by atoms with Crippen molar-refractivity contribution < 1.29 is 27.9 Å². The zero-order valence-corrected chi connectivity index (χ0v) is 31.3. The molecule has 0 aromatic rings. The van der Waals surface area contributed by atoms with Gasteiger partial charge in [-0.3, -0.25) is 0 Å². The average molecular weight is 603 g/mol. The summed E-state index contributed by atoms with van der Waals surface area (Å²) in [5, 5.41) is 10.8. The van der Waals surface area contributed by atoms with Gasteiger partial charge in [0.05, 0.1) is 24.4 Å². The molecular formula is C30H62O6Si3. The molecule has 0 spiro atoms. The highest BCUT2D eigenvalue weighted by Crippen LogP contribution is 2.43. The van der Waals surface area contributed by atoms with Crippen LogP contribution in [0, 0.1) is 12.3 Å². The Morgan fingerprint density at radius 2 is 1.26 bits per heavy atom. The summed E-state index contributed by atoms with van der Waals surface area (Å²) in [6.07, 6.45) is 2.93. The third-order valence-electron chi connectivity index (χ3n) is 9.58. The maximum absolute atomic E-state index is 10.8. The molecule has 6 nitrogen and oxygen atoms in total. The van der Waals surface area contributed by atoms with Crippen molar-refractivity contribution in [3.63, 3.8) is 0 Å². The first-order valence-electron chi connectivity index (χ1n) is 14.7. The molecule has 9 heteroatoms. The Kier molecular flexibility index (Phi) is 12.0. The number of aliphatic hydroxyl groups excluding tert-OH is 1. The van der Waals surface area contributed by atoms with Gasteiger partial charge < -0.3 is 27.9 Å². The van der Waals surface area contributed by atoms with Gasteiger partial charge in [-0.15, -0.1) is 6.42 Å². The molecule has 7 atom stereocenters. The number of hydrogen-bond acceptors (Lipinski definition) is 6. The minimum Gasteiger partial charge on any atom is -0.411 e. The Labute approximate surface area is 244 Å². The topological polar surface area (TPSA) is 66.4 Å². The molecule has 1 N–H and O–H groups in total. The van der Waals surface area contributed by atoms with Gasteiger partial charge in [0.2, 0.25) is 0 Å². The first-order chi connectivity index (χ1) is 17.2. The molecule has 39 heavy (non-hydrogen) atoms. The Morgan fingerprint density at radius 3 is 1.64 bits per heavy atom. The summed E-state index contributed by atoms with van der Waals surface area (Å²) >= 11 is 0. The molecule has 0 aromatic carbocycles. The van der Waals surface area contributed by atoms with E-state index in [1.54, 1.807) is 6.92 Å². The highest BCUT2D eigenvalue weighted by Gasteiger charge is 2.50. The van der Waals surface area contributed by atoms with E-state index in [0.717, 1.165) is 0 Å². The highest BCUT2D eigenvalue weighted by atomic mass is 28.4. The van der Waals surface area contributed by atoms with Gasteiger partial charge in [0, 0.05) is 6.42 Å². The van der Waals surface area contributed by atoms with Gasteiger partial charge in [0.25, 0.3) is 0 Å². The van der Waals surface area contributed by atoms with E-state index >= 15 is 0 Å². The molecule has 230 valence electrons. The number of aliphatic hydroxyl groups is 1. The summed E-state index contributed by atoms with van der Waals surface area (Å²) in [4.78, 5) is 0. The van der Waals surface area contributed by atoms with Crippen molar-refractivity contribution in [2.75, 3.05) is 0 Å². The van der Waals surface area contributed by atoms with E-state index in [0.29, 0.717) is 6.42 Å². The second-order valence-corrected chi connectivity index (χ2v) is 30.3. The molecule has 0 amide bonds. The van der Waals surface area contributed by atoms with Crippen LogP contribution in [-0.4, -0.2) is 73.0 Å². The number of hydrogen-bond donors (Lipinski definition) is 1. The standard InChI is InChI=1S/C30H62O6Si3/c1-19-23(34-37(13,14)28(4,5)6)26(21(2)31)33-25-20-24(35-38(15,16)29(7,8)9)27(22(3)32-25)36-39(17,18)30(10,11)12/h1,21-27,31H,20H2,2-18H3/t21-,22-,23+,24+,25+,26-,27-/m1/s1. The summed E-state index contributed by atoms with van der Waals surface area (Å²) < 4.78 is 33.4. The molecule has 1 fully saturated rings. The summed E-state index contributed by atoms with van der Waals surface area (Å²) in [5.41, 5.74) is 0. The zero-order chi connectivity index (χ0) is 31.0. The van der Waals surface area contributed by atoms with Gasteiger partial charge in [0.15, 0.2) is 31.2 Å². The molecule has 1 aliphatic heterocycles. The van der Waals surface area contributed by atoms with Crippen molar-refractivity contribution in [2.24, 2.45) is 0 Å². The van der Waals surface area contributed by atoms with E-state index in [9.17, 15) is 5.11 Å². The van der Waals surface area contributed by atoms with Gasteiger partial charge in [-0.05, 0) is 68.2 Å². The first-order valence-corrected chi connectivity index (χ1v) is 23.4. The lowest BCUT2D eigenvalue weighted by Gasteiger charge is -2.50. The maximum atomic E-state index is 10.8. The van der Waals surface area contributed by atoms with E-state index in [2.05, 4.69) is 108 Å². The average Bonchev–Trinajstić information content (AvgIpc) is 2.70. The van der Waals surface area contributed by atoms with Crippen LogP contribution in [0.3, 0.4) is 0 Å². The maximum Gasteiger partial charge on any atom is 0.193 e. The minimum atomic E-state index is -2.21. The van der Waals surface area contributed by atoms with Gasteiger partial charge in [-0.2, -0.15) is 0 Å². The molecule has 0 saturated carbocycles. The van der Waals surface area contributed by atoms with Crippen LogP contribution in [0.15, 0.2) is 0 Å². The second kappa shape index (κ2) is 12.7. The van der Waals surface area contributed by atoms with E-state index in [-0.39, 0.29) is 33.4 Å². The third-order valence-corrected chi connectivity index (χ3v) is 23.0. The van der Waals surface area contributed by atoms with Crippen molar-refractivity contribution >= 4 is 25.0 Å². The van der Waals surface area contributed by atoms with Crippen molar-refractivity contribution in [1.29, 1.82) is 0 Å². The lowest BCUT2D eigenvalue weighted by atomic mass is 10.0. The Hall–Kier alpha value is -0.0294. The molecule has 1 saturated heterocycles.